The molecule has 0 aliphatic carbocycles. The normalized spacial score (nSPS) is 22.3. The van der Waals surface area contributed by atoms with Crippen LogP contribution in [0.15, 0.2) is 18.2 Å². The lowest BCUT2D eigenvalue weighted by Gasteiger charge is -2.21. The summed E-state index contributed by atoms with van der Waals surface area (Å²) >= 11 is 6.19. The summed E-state index contributed by atoms with van der Waals surface area (Å²) in [6.45, 7) is 2.99. The number of rotatable bonds is 3. The summed E-state index contributed by atoms with van der Waals surface area (Å²) in [4.78, 5) is 14.2. The predicted octanol–water partition coefficient (Wildman–Crippen LogP) is 2.34. The van der Waals surface area contributed by atoms with Crippen LogP contribution in [0.25, 0.3) is 0 Å². The third-order valence-corrected chi connectivity index (χ3v) is 3.81. The Labute approximate surface area is 119 Å². The Morgan fingerprint density at radius 1 is 1.47 bits per heavy atom. The van der Waals surface area contributed by atoms with Gasteiger partial charge in [-0.2, -0.15) is 0 Å². The Balaban J connectivity index is 2.19. The molecule has 104 valence electrons. The number of hydrogen-bond donors (Lipinski definition) is 2. The molecule has 2 atom stereocenters. The average molecular weight is 282 g/mol. The number of nitrogens with one attached hydrogen (secondary N) is 2. The first-order valence-electron chi connectivity index (χ1n) is 6.50. The van der Waals surface area contributed by atoms with Crippen LogP contribution in [0.2, 0.25) is 5.02 Å². The molecule has 1 aromatic rings. The Bertz CT molecular complexity index is 476. The monoisotopic (exact) mass is 281 g/mol. The highest BCUT2D eigenvalue weighted by molar-refractivity contribution is 6.34. The fraction of sp³-hybridized carbons (Fsp3) is 0.500. The minimum Gasteiger partial charge on any atom is -0.375 e. The molecule has 4 nitrogen and oxygen atoms in total. The van der Waals surface area contributed by atoms with Crippen molar-refractivity contribution in [3.63, 3.8) is 0 Å². The molecule has 0 aromatic heterocycles. The summed E-state index contributed by atoms with van der Waals surface area (Å²) < 4.78 is 0. The number of carbonyl (C=O) groups excluding carboxylic acids is 1. The summed E-state index contributed by atoms with van der Waals surface area (Å²) in [5, 5.41) is 6.84. The van der Waals surface area contributed by atoms with Crippen molar-refractivity contribution in [2.75, 3.05) is 30.9 Å². The summed E-state index contributed by atoms with van der Waals surface area (Å²) in [5.41, 5.74) is 1.59. The Hall–Kier alpha value is -1.26. The molecule has 19 heavy (non-hydrogen) atoms. The van der Waals surface area contributed by atoms with E-state index in [1.54, 1.807) is 0 Å². The van der Waals surface area contributed by atoms with Crippen LogP contribution >= 0.6 is 11.6 Å². The van der Waals surface area contributed by atoms with Gasteiger partial charge in [0.25, 0.3) is 0 Å². The van der Waals surface area contributed by atoms with E-state index < -0.39 is 0 Å². The zero-order chi connectivity index (χ0) is 14.0. The first-order chi connectivity index (χ1) is 9.00. The van der Waals surface area contributed by atoms with Gasteiger partial charge < -0.3 is 15.5 Å². The quantitative estimate of drug-likeness (QED) is 0.894. The number of amides is 1. The molecule has 2 unspecified atom stereocenters. The molecule has 2 N–H and O–H groups in total. The van der Waals surface area contributed by atoms with Crippen LogP contribution < -0.4 is 15.5 Å². The molecule has 2 rings (SSSR count). The van der Waals surface area contributed by atoms with Crippen molar-refractivity contribution in [1.29, 1.82) is 0 Å². The maximum atomic E-state index is 12.3. The van der Waals surface area contributed by atoms with E-state index in [2.05, 4.69) is 17.6 Å². The lowest BCUT2D eigenvalue weighted by molar-refractivity contribution is -0.118. The maximum Gasteiger partial charge on any atom is 0.241 e. The van der Waals surface area contributed by atoms with Crippen molar-refractivity contribution in [1.82, 2.24) is 5.32 Å². The van der Waals surface area contributed by atoms with Crippen LogP contribution in [-0.2, 0) is 4.79 Å². The number of anilines is 2. The van der Waals surface area contributed by atoms with Crippen molar-refractivity contribution in [2.24, 2.45) is 5.92 Å². The van der Waals surface area contributed by atoms with E-state index in [0.717, 1.165) is 24.3 Å². The first-order valence-corrected chi connectivity index (χ1v) is 6.88. The molecule has 1 saturated heterocycles. The van der Waals surface area contributed by atoms with E-state index in [9.17, 15) is 4.79 Å². The molecule has 1 amide bonds. The third kappa shape index (κ3) is 3.01. The molecule has 0 saturated carbocycles. The topological polar surface area (TPSA) is 44.4 Å². The van der Waals surface area contributed by atoms with E-state index in [1.165, 1.54) is 0 Å². The molecule has 1 aromatic carbocycles. The van der Waals surface area contributed by atoms with Gasteiger partial charge in [-0.3, -0.25) is 4.79 Å². The third-order valence-electron chi connectivity index (χ3n) is 3.51. The molecule has 1 aliphatic heterocycles. The van der Waals surface area contributed by atoms with Gasteiger partial charge in [0.05, 0.1) is 22.4 Å². The second-order valence-electron chi connectivity index (χ2n) is 5.22. The maximum absolute atomic E-state index is 12.3. The lowest BCUT2D eigenvalue weighted by atomic mass is 10.0. The molecule has 5 heteroatoms. The highest BCUT2D eigenvalue weighted by Gasteiger charge is 2.29. The van der Waals surface area contributed by atoms with Gasteiger partial charge in [0.2, 0.25) is 5.91 Å². The average Bonchev–Trinajstić information content (AvgIpc) is 2.75. The summed E-state index contributed by atoms with van der Waals surface area (Å²) in [7, 11) is 3.82. The van der Waals surface area contributed by atoms with Gasteiger partial charge in [0.15, 0.2) is 0 Å². The van der Waals surface area contributed by atoms with Crippen LogP contribution in [0.4, 0.5) is 11.4 Å². The van der Waals surface area contributed by atoms with Crippen LogP contribution in [0.3, 0.4) is 0 Å². The fourth-order valence-corrected chi connectivity index (χ4v) is 2.81. The number of carbonyl (C=O) groups is 1. The van der Waals surface area contributed by atoms with E-state index >= 15 is 0 Å². The number of para-hydroxylation sites is 1. The van der Waals surface area contributed by atoms with Gasteiger partial charge in [-0.25, -0.2) is 0 Å². The second kappa shape index (κ2) is 5.80. The minimum atomic E-state index is -0.117. The molecular weight excluding hydrogens is 262 g/mol. The lowest BCUT2D eigenvalue weighted by Crippen LogP contribution is -2.39. The van der Waals surface area contributed by atoms with Crippen molar-refractivity contribution in [3.05, 3.63) is 23.2 Å². The van der Waals surface area contributed by atoms with Gasteiger partial charge in [-0.05, 0) is 31.0 Å². The molecule has 1 aliphatic rings. The zero-order valence-electron chi connectivity index (χ0n) is 11.5. The number of hydrogen-bond acceptors (Lipinski definition) is 3. The fourth-order valence-electron chi connectivity index (χ4n) is 2.47. The Morgan fingerprint density at radius 3 is 2.79 bits per heavy atom. The van der Waals surface area contributed by atoms with Crippen LogP contribution in [0.5, 0.6) is 0 Å². The minimum absolute atomic E-state index is 0.00960. The smallest absolute Gasteiger partial charge is 0.241 e. The Morgan fingerprint density at radius 2 is 2.21 bits per heavy atom. The van der Waals surface area contributed by atoms with Gasteiger partial charge in [-0.1, -0.05) is 24.6 Å². The van der Waals surface area contributed by atoms with E-state index in [0.29, 0.717) is 10.9 Å². The van der Waals surface area contributed by atoms with Crippen molar-refractivity contribution in [3.8, 4) is 0 Å². The number of nitrogens with zero attached hydrogens (tertiary/aromatic N) is 1. The van der Waals surface area contributed by atoms with Crippen LogP contribution in [0.1, 0.15) is 13.3 Å². The summed E-state index contributed by atoms with van der Waals surface area (Å²) in [6.07, 6.45) is 1.04. The highest BCUT2D eigenvalue weighted by atomic mass is 35.5. The first kappa shape index (κ1) is 14.2. The van der Waals surface area contributed by atoms with Crippen molar-refractivity contribution < 1.29 is 4.79 Å². The second-order valence-corrected chi connectivity index (χ2v) is 5.62. The number of halogens is 1. The molecule has 0 radical (unpaired) electrons. The van der Waals surface area contributed by atoms with E-state index in [4.69, 9.17) is 11.6 Å². The summed E-state index contributed by atoms with van der Waals surface area (Å²) in [6, 6.07) is 5.42. The predicted molar refractivity (Wildman–Crippen MR) is 80.0 cm³/mol. The van der Waals surface area contributed by atoms with Gasteiger partial charge in [0.1, 0.15) is 0 Å². The largest absolute Gasteiger partial charge is 0.375 e. The molecule has 0 spiro atoms. The van der Waals surface area contributed by atoms with Crippen LogP contribution in [-0.4, -0.2) is 32.6 Å². The zero-order valence-corrected chi connectivity index (χ0v) is 12.3. The number of benzene rings is 1. The van der Waals surface area contributed by atoms with Gasteiger partial charge >= 0.3 is 0 Å². The Kier molecular flexibility index (Phi) is 4.32. The molecule has 1 fully saturated rings. The van der Waals surface area contributed by atoms with Crippen molar-refractivity contribution >= 4 is 28.9 Å². The molecule has 0 bridgehead atoms. The highest BCUT2D eigenvalue weighted by Crippen LogP contribution is 2.32. The van der Waals surface area contributed by atoms with E-state index in [1.807, 2.05) is 37.2 Å². The van der Waals surface area contributed by atoms with Gasteiger partial charge in [-0.15, -0.1) is 0 Å². The standard InChI is InChI=1S/C14H20ClN3O/c1-9-7-8-16-12(9)14(19)17-11-6-4-5-10(15)13(11)18(2)3/h4-6,9,12,16H,7-8H2,1-3H3,(H,17,19). The molecular formula is C14H20ClN3O. The van der Waals surface area contributed by atoms with Crippen LogP contribution in [0, 0.1) is 5.92 Å². The van der Waals surface area contributed by atoms with Gasteiger partial charge in [0, 0.05) is 14.1 Å². The van der Waals surface area contributed by atoms with Crippen molar-refractivity contribution in [2.45, 2.75) is 19.4 Å². The summed E-state index contributed by atoms with van der Waals surface area (Å²) in [5.74, 6) is 0.373. The molecule has 1 heterocycles. The SMILES string of the molecule is CC1CCNC1C(=O)Nc1cccc(Cl)c1N(C)C. The van der Waals surface area contributed by atoms with E-state index in [-0.39, 0.29) is 11.9 Å².